The van der Waals surface area contributed by atoms with Gasteiger partial charge in [0.1, 0.15) is 11.5 Å². The summed E-state index contributed by atoms with van der Waals surface area (Å²) in [4.78, 5) is 70.6. The lowest BCUT2D eigenvalue weighted by Crippen LogP contribution is -2.48. The topological polar surface area (TPSA) is 221 Å². The highest BCUT2D eigenvalue weighted by molar-refractivity contribution is 6.02. The van der Waals surface area contributed by atoms with E-state index in [0.717, 1.165) is 5.69 Å². The van der Waals surface area contributed by atoms with Crippen LogP contribution < -0.4 is 30.3 Å². The van der Waals surface area contributed by atoms with Gasteiger partial charge in [-0.25, -0.2) is 4.79 Å². The lowest BCUT2D eigenvalue weighted by Gasteiger charge is -2.36. The summed E-state index contributed by atoms with van der Waals surface area (Å²) in [5.74, 6) is -0.486. The van der Waals surface area contributed by atoms with Crippen LogP contribution in [0.5, 0.6) is 23.0 Å². The average molecular weight is 872 g/mol. The number of hydrogen-bond donors (Lipinski definition) is 5. The number of rotatable bonds is 11. The van der Waals surface area contributed by atoms with Gasteiger partial charge in [0.05, 0.1) is 18.7 Å². The van der Waals surface area contributed by atoms with Crippen LogP contribution in [0.2, 0.25) is 0 Å². The summed E-state index contributed by atoms with van der Waals surface area (Å²) in [6, 6.07) is 19.9. The number of piperazine rings is 1. The zero-order valence-electron chi connectivity index (χ0n) is 35.9. The van der Waals surface area contributed by atoms with Crippen molar-refractivity contribution in [1.29, 1.82) is 0 Å². The zero-order chi connectivity index (χ0) is 45.2. The fraction of sp³-hybridized carbons (Fsp3) is 0.326. The summed E-state index contributed by atoms with van der Waals surface area (Å²) in [7, 11) is 1.48. The fourth-order valence-electron chi connectivity index (χ4n) is 8.35. The molecule has 0 spiro atoms. The quantitative estimate of drug-likeness (QED) is 0.118. The summed E-state index contributed by atoms with van der Waals surface area (Å²) in [6.45, 7) is 8.52. The van der Waals surface area contributed by atoms with Crippen molar-refractivity contribution in [3.05, 3.63) is 101 Å². The van der Waals surface area contributed by atoms with Gasteiger partial charge in [-0.3, -0.25) is 29.1 Å². The first-order valence-electron chi connectivity index (χ1n) is 21.2. The van der Waals surface area contributed by atoms with E-state index in [4.69, 9.17) is 9.47 Å². The molecule has 8 rings (SSSR count). The Kier molecular flexibility index (Phi) is 12.1. The molecule has 4 aromatic carbocycles. The number of aromatic nitrogens is 3. The van der Waals surface area contributed by atoms with Crippen molar-refractivity contribution < 1.29 is 43.7 Å². The van der Waals surface area contributed by atoms with Crippen LogP contribution in [0.1, 0.15) is 82.0 Å². The van der Waals surface area contributed by atoms with Gasteiger partial charge in [-0.1, -0.05) is 19.9 Å². The number of piperidine rings is 1. The second kappa shape index (κ2) is 18.0. The Morgan fingerprint density at radius 3 is 2.33 bits per heavy atom. The van der Waals surface area contributed by atoms with Crippen molar-refractivity contribution in [3.8, 4) is 40.1 Å². The monoisotopic (exact) mass is 871 g/mol. The highest BCUT2D eigenvalue weighted by atomic mass is 16.6. The van der Waals surface area contributed by atoms with E-state index >= 15 is 0 Å². The molecule has 1 atom stereocenters. The molecule has 18 nitrogen and oxygen atoms in total. The van der Waals surface area contributed by atoms with Crippen molar-refractivity contribution in [2.75, 3.05) is 56.6 Å². The first kappa shape index (κ1) is 43.0. The van der Waals surface area contributed by atoms with E-state index in [1.807, 2.05) is 19.9 Å². The van der Waals surface area contributed by atoms with E-state index in [-0.39, 0.29) is 64.1 Å². The molecular formula is C46H49N9O9. The number of fused-ring (bicyclic) bond motifs is 1. The highest BCUT2D eigenvalue weighted by Crippen LogP contribution is 2.39. The van der Waals surface area contributed by atoms with Crippen molar-refractivity contribution >= 4 is 41.1 Å². The molecule has 5 aromatic rings. The van der Waals surface area contributed by atoms with Gasteiger partial charge < -0.3 is 45.0 Å². The molecule has 1 aromatic heterocycles. The third kappa shape index (κ3) is 8.45. The molecule has 5 amide bonds. The van der Waals surface area contributed by atoms with Crippen LogP contribution in [0, 0.1) is 0 Å². The van der Waals surface area contributed by atoms with E-state index in [1.165, 1.54) is 17.7 Å². The molecule has 5 N–H and O–H groups in total. The summed E-state index contributed by atoms with van der Waals surface area (Å²) in [5.41, 5.74) is 4.23. The van der Waals surface area contributed by atoms with Gasteiger partial charge in [-0.05, 0) is 79.4 Å². The molecule has 1 unspecified atom stereocenters. The van der Waals surface area contributed by atoms with Gasteiger partial charge in [0.2, 0.25) is 11.7 Å². The summed E-state index contributed by atoms with van der Waals surface area (Å²) < 4.78 is 12.8. The second-order valence-corrected chi connectivity index (χ2v) is 16.1. The third-order valence-corrected chi connectivity index (χ3v) is 11.8. The summed E-state index contributed by atoms with van der Waals surface area (Å²) in [6.07, 6.45) is 0.174. The number of nitrogens with one attached hydrogen (secondary N) is 3. The maximum Gasteiger partial charge on any atom is 0.417 e. The van der Waals surface area contributed by atoms with Crippen molar-refractivity contribution in [1.82, 2.24) is 35.2 Å². The Labute approximate surface area is 368 Å². The zero-order valence-corrected chi connectivity index (χ0v) is 35.9. The first-order valence-corrected chi connectivity index (χ1v) is 21.2. The molecule has 3 aliphatic rings. The number of carbonyl (C=O) groups excluding carboxylic acids is 5. The smallest absolute Gasteiger partial charge is 0.417 e. The van der Waals surface area contributed by atoms with Crippen LogP contribution >= 0.6 is 0 Å². The number of carbonyl (C=O) groups is 5. The molecule has 2 fully saturated rings. The van der Waals surface area contributed by atoms with Gasteiger partial charge >= 0.3 is 6.09 Å². The number of phenolic OH excluding ortho intramolecular Hbond substituents is 2. The highest BCUT2D eigenvalue weighted by Gasteiger charge is 2.36. The number of phenols is 2. The molecule has 0 saturated carbocycles. The van der Waals surface area contributed by atoms with Crippen LogP contribution in [0.25, 0.3) is 17.1 Å². The normalized spacial score (nSPS) is 16.1. The van der Waals surface area contributed by atoms with Crippen LogP contribution in [0.3, 0.4) is 0 Å². The van der Waals surface area contributed by atoms with Crippen LogP contribution in [0.15, 0.2) is 72.8 Å². The maximum absolute atomic E-state index is 13.8. The largest absolute Gasteiger partial charge is 0.508 e. The van der Waals surface area contributed by atoms with Gasteiger partial charge in [0.15, 0.2) is 17.3 Å². The van der Waals surface area contributed by atoms with Gasteiger partial charge in [0, 0.05) is 98.1 Å². The van der Waals surface area contributed by atoms with Crippen LogP contribution in [-0.4, -0.2) is 117 Å². The summed E-state index contributed by atoms with van der Waals surface area (Å²) >= 11 is 0. The SMILES string of the molecule is CCNC(=O)c1nnc(-c2cc(C(C)C)c(O)cc2O)n1-c1ccc(C(=O)N2CCN(c3ccc(OC(=O)Nc4cccc5c4CN(C4CCC(=O)NC4)C5=O)c(OC)c3)CC2)cc1. The molecule has 0 aliphatic carbocycles. The third-order valence-electron chi connectivity index (χ3n) is 11.8. The number of hydrogen-bond acceptors (Lipinski definition) is 12. The molecular weight excluding hydrogens is 823 g/mol. The molecule has 2 saturated heterocycles. The standard InChI is InChI=1S/C46H49N9O9/c1-5-47-43(59)42-51-50-41(33-22-32(26(2)3)36(56)23-37(33)57)55(42)28-11-9-27(10-12-28)44(60)53-19-17-52(18-20-53)29-13-15-38(39(21-29)63-4)64-46(62)49-35-8-6-7-31-34(35)25-54(45(31)61)30-14-16-40(58)48-24-30/h6-13,15,21-23,26,30,56-57H,5,14,16-20,24-25H2,1-4H3,(H,47,59)(H,48,58)(H,49,62). The second-order valence-electron chi connectivity index (χ2n) is 16.1. The van der Waals surface area contributed by atoms with Crippen molar-refractivity contribution in [3.63, 3.8) is 0 Å². The molecule has 332 valence electrons. The van der Waals surface area contributed by atoms with Gasteiger partial charge in [-0.15, -0.1) is 10.2 Å². The number of amides is 5. The van der Waals surface area contributed by atoms with Crippen molar-refractivity contribution in [2.45, 2.75) is 52.1 Å². The number of ether oxygens (including phenoxy) is 2. The number of aromatic hydroxyl groups is 2. The van der Waals surface area contributed by atoms with Crippen molar-refractivity contribution in [2.24, 2.45) is 0 Å². The minimum Gasteiger partial charge on any atom is -0.508 e. The molecule has 0 radical (unpaired) electrons. The number of methoxy groups -OCH3 is 1. The molecule has 4 heterocycles. The van der Waals surface area contributed by atoms with E-state index in [1.54, 1.807) is 77.4 Å². The Balaban J connectivity index is 0.911. The first-order chi connectivity index (χ1) is 30.8. The molecule has 0 bridgehead atoms. The number of nitrogens with zero attached hydrogens (tertiary/aromatic N) is 6. The Morgan fingerprint density at radius 1 is 0.891 bits per heavy atom. The Bertz CT molecular complexity index is 2630. The van der Waals surface area contributed by atoms with Gasteiger partial charge in [-0.2, -0.15) is 0 Å². The molecule has 64 heavy (non-hydrogen) atoms. The Hall–Kier alpha value is -7.63. The van der Waals surface area contributed by atoms with E-state index in [2.05, 4.69) is 31.0 Å². The fourth-order valence-corrected chi connectivity index (χ4v) is 8.35. The number of anilines is 2. The average Bonchev–Trinajstić information content (AvgIpc) is 3.88. The minimum absolute atomic E-state index is 0.0139. The minimum atomic E-state index is -0.753. The molecule has 18 heteroatoms. The lowest BCUT2D eigenvalue weighted by molar-refractivity contribution is -0.123. The van der Waals surface area contributed by atoms with Gasteiger partial charge in [0.25, 0.3) is 17.7 Å². The van der Waals surface area contributed by atoms with Crippen LogP contribution in [-0.2, 0) is 11.3 Å². The van der Waals surface area contributed by atoms with E-state index < -0.39 is 12.0 Å². The lowest BCUT2D eigenvalue weighted by atomic mass is 9.98. The number of benzene rings is 4. The predicted molar refractivity (Wildman–Crippen MR) is 235 cm³/mol. The summed E-state index contributed by atoms with van der Waals surface area (Å²) in [5, 5.41) is 38.1. The maximum atomic E-state index is 13.8. The van der Waals surface area contributed by atoms with E-state index in [0.29, 0.717) is 98.0 Å². The molecule has 3 aliphatic heterocycles. The van der Waals surface area contributed by atoms with Crippen LogP contribution in [0.4, 0.5) is 16.2 Å². The Morgan fingerprint density at radius 2 is 1.64 bits per heavy atom. The van der Waals surface area contributed by atoms with E-state index in [9.17, 15) is 34.2 Å². The predicted octanol–water partition coefficient (Wildman–Crippen LogP) is 5.03.